The molecule has 0 saturated carbocycles. The van der Waals surface area contributed by atoms with Crippen molar-refractivity contribution in [3.05, 3.63) is 107 Å². The molecule has 0 aliphatic carbocycles. The first-order valence-electron chi connectivity index (χ1n) is 13.5. The van der Waals surface area contributed by atoms with E-state index in [0.29, 0.717) is 46.8 Å². The molecule has 7 rings (SSSR count). The number of aromatic nitrogens is 4. The lowest BCUT2D eigenvalue weighted by Crippen LogP contribution is -2.15. The van der Waals surface area contributed by atoms with E-state index in [9.17, 15) is 0 Å². The van der Waals surface area contributed by atoms with Crippen molar-refractivity contribution in [3.8, 4) is 34.6 Å². The summed E-state index contributed by atoms with van der Waals surface area (Å²) in [6, 6.07) is 24.2. The molecule has 1 aliphatic heterocycles. The molecule has 0 saturated heterocycles. The van der Waals surface area contributed by atoms with E-state index in [-0.39, 0.29) is 5.92 Å². The molecule has 9 nitrogen and oxygen atoms in total. The zero-order valence-corrected chi connectivity index (χ0v) is 23.6. The van der Waals surface area contributed by atoms with Crippen LogP contribution in [0.5, 0.6) is 34.6 Å². The van der Waals surface area contributed by atoms with Gasteiger partial charge in [-0.3, -0.25) is 0 Å². The Morgan fingerprint density at radius 2 is 1.50 bits per heavy atom. The van der Waals surface area contributed by atoms with Crippen molar-refractivity contribution in [2.45, 2.75) is 12.3 Å². The summed E-state index contributed by atoms with van der Waals surface area (Å²) in [6.45, 7) is 0. The van der Waals surface area contributed by atoms with Crippen molar-refractivity contribution >= 4 is 16.4 Å². The number of hydrogen-bond donors (Lipinski definition) is 0. The van der Waals surface area contributed by atoms with Crippen LogP contribution in [0.2, 0.25) is 0 Å². The van der Waals surface area contributed by atoms with E-state index in [1.165, 1.54) is 0 Å². The average molecular weight is 561 g/mol. The second kappa shape index (κ2) is 10.3. The number of ether oxygens (including phenoxy) is 5. The second-order valence-electron chi connectivity index (χ2n) is 9.97. The molecule has 0 amide bonds. The van der Waals surface area contributed by atoms with Crippen LogP contribution in [0.4, 0.5) is 0 Å². The van der Waals surface area contributed by atoms with Crippen molar-refractivity contribution in [2.75, 3.05) is 28.4 Å². The van der Waals surface area contributed by atoms with Gasteiger partial charge in [0.15, 0.2) is 34.5 Å². The zero-order valence-electron chi connectivity index (χ0n) is 23.6. The quantitative estimate of drug-likeness (QED) is 0.228. The molecule has 6 aromatic rings. The number of fused-ring (bicyclic) bond motifs is 6. The minimum atomic E-state index is -0.260. The SMILES string of the molecule is COc1ccc(Cc2nc3c4c(ncn3n2)Oc2ccc3ccccc3c2[C@H]4c2ccc(OC)c(OC)c2)cc1OC. The van der Waals surface area contributed by atoms with Gasteiger partial charge in [0.1, 0.15) is 12.1 Å². The molecule has 0 bridgehead atoms. The summed E-state index contributed by atoms with van der Waals surface area (Å²) in [6.07, 6.45) is 2.15. The first kappa shape index (κ1) is 25.6. The third kappa shape index (κ3) is 4.13. The molecule has 0 fully saturated rings. The van der Waals surface area contributed by atoms with Crippen molar-refractivity contribution in [3.63, 3.8) is 0 Å². The summed E-state index contributed by atoms with van der Waals surface area (Å²) < 4.78 is 30.3. The molecular formula is C33H28N4O5. The zero-order chi connectivity index (χ0) is 28.8. The van der Waals surface area contributed by atoms with Crippen LogP contribution in [0.25, 0.3) is 16.4 Å². The Labute approximate surface area is 242 Å². The van der Waals surface area contributed by atoms with Crippen LogP contribution in [0.15, 0.2) is 79.1 Å². The maximum Gasteiger partial charge on any atom is 0.228 e. The van der Waals surface area contributed by atoms with Crippen LogP contribution in [0, 0.1) is 0 Å². The minimum absolute atomic E-state index is 0.260. The normalized spacial score (nSPS) is 13.8. The van der Waals surface area contributed by atoms with E-state index in [1.54, 1.807) is 39.3 Å². The molecule has 2 aromatic heterocycles. The molecule has 1 aliphatic rings. The number of rotatable bonds is 7. The van der Waals surface area contributed by atoms with E-state index in [4.69, 9.17) is 38.8 Å². The third-order valence-corrected chi connectivity index (χ3v) is 7.70. The largest absolute Gasteiger partial charge is 0.493 e. The fraction of sp³-hybridized carbons (Fsp3) is 0.182. The van der Waals surface area contributed by atoms with Gasteiger partial charge in [-0.2, -0.15) is 0 Å². The maximum absolute atomic E-state index is 6.45. The van der Waals surface area contributed by atoms with Crippen LogP contribution in [-0.4, -0.2) is 48.0 Å². The molecule has 42 heavy (non-hydrogen) atoms. The summed E-state index contributed by atoms with van der Waals surface area (Å²) in [5, 5.41) is 7.00. The Morgan fingerprint density at radius 3 is 2.29 bits per heavy atom. The predicted molar refractivity (Wildman–Crippen MR) is 158 cm³/mol. The third-order valence-electron chi connectivity index (χ3n) is 7.70. The fourth-order valence-electron chi connectivity index (χ4n) is 5.76. The van der Waals surface area contributed by atoms with E-state index < -0.39 is 0 Å². The van der Waals surface area contributed by atoms with Crippen LogP contribution >= 0.6 is 0 Å². The van der Waals surface area contributed by atoms with Gasteiger partial charge in [0, 0.05) is 17.9 Å². The van der Waals surface area contributed by atoms with Crippen molar-refractivity contribution < 1.29 is 23.7 Å². The Bertz CT molecular complexity index is 1970. The van der Waals surface area contributed by atoms with E-state index in [1.807, 2.05) is 48.5 Å². The molecule has 210 valence electrons. The summed E-state index contributed by atoms with van der Waals surface area (Å²) in [5.41, 5.74) is 4.53. The highest BCUT2D eigenvalue weighted by molar-refractivity contribution is 5.91. The van der Waals surface area contributed by atoms with Gasteiger partial charge in [-0.1, -0.05) is 42.5 Å². The molecule has 3 heterocycles. The first-order valence-corrected chi connectivity index (χ1v) is 13.5. The minimum Gasteiger partial charge on any atom is -0.493 e. The number of hydrogen-bond acceptors (Lipinski definition) is 8. The number of benzene rings is 4. The lowest BCUT2D eigenvalue weighted by molar-refractivity contribution is 0.354. The number of methoxy groups -OCH3 is 4. The number of nitrogens with zero attached hydrogens (tertiary/aromatic N) is 4. The van der Waals surface area contributed by atoms with Gasteiger partial charge < -0.3 is 23.7 Å². The molecule has 0 unspecified atom stereocenters. The lowest BCUT2D eigenvalue weighted by Gasteiger charge is -2.29. The van der Waals surface area contributed by atoms with E-state index in [2.05, 4.69) is 24.3 Å². The van der Waals surface area contributed by atoms with Gasteiger partial charge in [-0.15, -0.1) is 5.10 Å². The van der Waals surface area contributed by atoms with Crippen LogP contribution in [0.1, 0.15) is 34.0 Å². The lowest BCUT2D eigenvalue weighted by atomic mass is 9.81. The summed E-state index contributed by atoms with van der Waals surface area (Å²) in [7, 11) is 6.52. The van der Waals surface area contributed by atoms with Crippen LogP contribution in [-0.2, 0) is 6.42 Å². The summed E-state index contributed by atoms with van der Waals surface area (Å²) in [4.78, 5) is 9.72. The average Bonchev–Trinajstić information content (AvgIpc) is 3.45. The topological polar surface area (TPSA) is 89.2 Å². The molecule has 1 atom stereocenters. The van der Waals surface area contributed by atoms with Gasteiger partial charge in [0.2, 0.25) is 5.88 Å². The van der Waals surface area contributed by atoms with Gasteiger partial charge in [-0.25, -0.2) is 14.5 Å². The molecule has 0 N–H and O–H groups in total. The van der Waals surface area contributed by atoms with Crippen molar-refractivity contribution in [1.82, 2.24) is 19.6 Å². The summed E-state index contributed by atoms with van der Waals surface area (Å²) >= 11 is 0. The van der Waals surface area contributed by atoms with Gasteiger partial charge in [0.25, 0.3) is 0 Å². The second-order valence-corrected chi connectivity index (χ2v) is 9.97. The van der Waals surface area contributed by atoms with Gasteiger partial charge >= 0.3 is 0 Å². The highest BCUT2D eigenvalue weighted by atomic mass is 16.5. The monoisotopic (exact) mass is 560 g/mol. The predicted octanol–water partition coefficient (Wildman–Crippen LogP) is 6.19. The van der Waals surface area contributed by atoms with Gasteiger partial charge in [0.05, 0.1) is 34.0 Å². The molecule has 0 radical (unpaired) electrons. The molecule has 4 aromatic carbocycles. The molecule has 0 spiro atoms. The standard InChI is InChI=1S/C33H28N4O5/c1-38-23-12-9-19(15-26(23)40-3)16-28-35-32-31-29(21-11-13-24(39-2)27(17-21)41-4)30-22-8-6-5-7-20(22)10-14-25(30)42-33(31)34-18-37(32)36-28/h5-15,17-18,29H,16H2,1-4H3/t29-/m1/s1. The van der Waals surface area contributed by atoms with Crippen molar-refractivity contribution in [1.29, 1.82) is 0 Å². The van der Waals surface area contributed by atoms with Crippen LogP contribution < -0.4 is 23.7 Å². The van der Waals surface area contributed by atoms with Crippen LogP contribution in [0.3, 0.4) is 0 Å². The Hall–Kier alpha value is -5.31. The Kier molecular flexibility index (Phi) is 6.27. The van der Waals surface area contributed by atoms with E-state index >= 15 is 0 Å². The van der Waals surface area contributed by atoms with Crippen molar-refractivity contribution in [2.24, 2.45) is 0 Å². The fourth-order valence-corrected chi connectivity index (χ4v) is 5.76. The highest BCUT2D eigenvalue weighted by Gasteiger charge is 2.35. The summed E-state index contributed by atoms with van der Waals surface area (Å²) in [5.74, 6) is 4.25. The highest BCUT2D eigenvalue weighted by Crippen LogP contribution is 2.51. The Balaban J connectivity index is 1.43. The smallest absolute Gasteiger partial charge is 0.228 e. The molecule has 9 heteroatoms. The Morgan fingerprint density at radius 1 is 0.762 bits per heavy atom. The maximum atomic E-state index is 6.45. The first-order chi connectivity index (χ1) is 20.6. The van der Waals surface area contributed by atoms with E-state index in [0.717, 1.165) is 38.8 Å². The van der Waals surface area contributed by atoms with Gasteiger partial charge in [-0.05, 0) is 52.2 Å². The molecular weight excluding hydrogens is 532 g/mol.